The van der Waals surface area contributed by atoms with Crippen LogP contribution >= 0.6 is 0 Å². The molecule has 1 aliphatic rings. The zero-order valence-electron chi connectivity index (χ0n) is 19.2. The molecule has 10 heteroatoms. The van der Waals surface area contributed by atoms with Crippen LogP contribution in [0.3, 0.4) is 0 Å². The SMILES string of the molecule is O=C(NC1CC1)c1ccc(CN(Cc2ccco2)Cc2nc(-c3cccc(C(F)(F)F)c3)no2)cc1. The predicted molar refractivity (Wildman–Crippen MR) is 123 cm³/mol. The summed E-state index contributed by atoms with van der Waals surface area (Å²) in [6.45, 7) is 1.18. The molecule has 0 saturated heterocycles. The van der Waals surface area contributed by atoms with Gasteiger partial charge in [-0.05, 0) is 54.8 Å². The van der Waals surface area contributed by atoms with Gasteiger partial charge in [-0.2, -0.15) is 18.2 Å². The summed E-state index contributed by atoms with van der Waals surface area (Å²) in [4.78, 5) is 18.6. The molecule has 0 radical (unpaired) electrons. The van der Waals surface area contributed by atoms with Crippen LogP contribution in [-0.4, -0.2) is 27.0 Å². The molecule has 1 N–H and O–H groups in total. The number of hydrogen-bond acceptors (Lipinski definition) is 6. The highest BCUT2D eigenvalue weighted by atomic mass is 19.4. The molecule has 2 heterocycles. The van der Waals surface area contributed by atoms with Crippen molar-refractivity contribution in [3.8, 4) is 11.4 Å². The average molecular weight is 496 g/mol. The van der Waals surface area contributed by atoms with Gasteiger partial charge in [-0.3, -0.25) is 9.69 Å². The van der Waals surface area contributed by atoms with E-state index >= 15 is 0 Å². The van der Waals surface area contributed by atoms with Crippen LogP contribution in [0.15, 0.2) is 75.9 Å². The second kappa shape index (κ2) is 9.98. The minimum absolute atomic E-state index is 0.0792. The van der Waals surface area contributed by atoms with E-state index in [1.54, 1.807) is 24.5 Å². The summed E-state index contributed by atoms with van der Waals surface area (Å²) < 4.78 is 50.1. The van der Waals surface area contributed by atoms with Crippen LogP contribution in [-0.2, 0) is 25.8 Å². The fourth-order valence-electron chi connectivity index (χ4n) is 3.77. The van der Waals surface area contributed by atoms with Crippen molar-refractivity contribution in [3.63, 3.8) is 0 Å². The summed E-state index contributed by atoms with van der Waals surface area (Å²) in [5.74, 6) is 0.993. The molecule has 7 nitrogen and oxygen atoms in total. The van der Waals surface area contributed by atoms with Gasteiger partial charge in [-0.1, -0.05) is 29.4 Å². The van der Waals surface area contributed by atoms with E-state index in [2.05, 4.69) is 15.5 Å². The van der Waals surface area contributed by atoms with Crippen LogP contribution in [0.5, 0.6) is 0 Å². The number of carbonyl (C=O) groups is 1. The molecule has 1 saturated carbocycles. The van der Waals surface area contributed by atoms with Gasteiger partial charge in [0.1, 0.15) is 5.76 Å². The molecule has 36 heavy (non-hydrogen) atoms. The molecule has 5 rings (SSSR count). The Morgan fingerprint density at radius 3 is 2.53 bits per heavy atom. The number of furan rings is 1. The Kier molecular flexibility index (Phi) is 6.60. The molecular formula is C26H23F3N4O3. The summed E-state index contributed by atoms with van der Waals surface area (Å²) >= 11 is 0. The lowest BCUT2D eigenvalue weighted by Crippen LogP contribution is -2.25. The van der Waals surface area contributed by atoms with Gasteiger partial charge in [-0.25, -0.2) is 0 Å². The lowest BCUT2D eigenvalue weighted by atomic mass is 10.1. The first-order valence-electron chi connectivity index (χ1n) is 11.5. The number of aromatic nitrogens is 2. The van der Waals surface area contributed by atoms with Crippen molar-refractivity contribution in [2.75, 3.05) is 0 Å². The smallest absolute Gasteiger partial charge is 0.416 e. The normalized spacial score (nSPS) is 13.8. The summed E-state index contributed by atoms with van der Waals surface area (Å²) in [6, 6.07) is 16.1. The minimum atomic E-state index is -4.46. The fraction of sp³-hybridized carbons (Fsp3) is 0.269. The van der Waals surface area contributed by atoms with Crippen molar-refractivity contribution in [2.45, 2.75) is 44.7 Å². The maximum absolute atomic E-state index is 13.1. The first kappa shape index (κ1) is 23.8. The molecule has 186 valence electrons. The topological polar surface area (TPSA) is 84.4 Å². The summed E-state index contributed by atoms with van der Waals surface area (Å²) in [7, 11) is 0. The van der Waals surface area contributed by atoms with Gasteiger partial charge in [-0.15, -0.1) is 0 Å². The Bertz CT molecular complexity index is 1310. The van der Waals surface area contributed by atoms with Gasteiger partial charge in [0, 0.05) is 23.7 Å². The Labute approximate surface area is 204 Å². The third-order valence-electron chi connectivity index (χ3n) is 5.77. The van der Waals surface area contributed by atoms with E-state index in [-0.39, 0.29) is 35.8 Å². The van der Waals surface area contributed by atoms with E-state index in [1.165, 1.54) is 12.1 Å². The number of nitrogens with zero attached hydrogens (tertiary/aromatic N) is 3. The molecule has 0 aliphatic heterocycles. The molecule has 4 aromatic rings. The van der Waals surface area contributed by atoms with Crippen LogP contribution in [0.1, 0.15) is 46.0 Å². The molecule has 0 spiro atoms. The average Bonchev–Trinajstić information content (AvgIpc) is 3.30. The molecule has 0 unspecified atom stereocenters. The third-order valence-corrected chi connectivity index (χ3v) is 5.77. The Balaban J connectivity index is 1.30. The van der Waals surface area contributed by atoms with E-state index in [0.29, 0.717) is 18.7 Å². The maximum atomic E-state index is 13.1. The summed E-state index contributed by atoms with van der Waals surface area (Å²) in [5, 5.41) is 6.85. The third kappa shape index (κ3) is 6.01. The van der Waals surface area contributed by atoms with Crippen LogP contribution in [0, 0.1) is 0 Å². The standard InChI is InChI=1S/C26H23F3N4O3/c27-26(28,29)20-4-1-3-19(13-20)24-31-23(36-32-24)16-33(15-22-5-2-12-35-22)14-17-6-8-18(9-7-17)25(34)30-21-10-11-21/h1-9,12-13,21H,10-11,14-16H2,(H,30,34). The van der Waals surface area contributed by atoms with Crippen molar-refractivity contribution in [2.24, 2.45) is 0 Å². The highest BCUT2D eigenvalue weighted by molar-refractivity contribution is 5.94. The van der Waals surface area contributed by atoms with E-state index in [9.17, 15) is 18.0 Å². The minimum Gasteiger partial charge on any atom is -0.468 e. The molecule has 0 bridgehead atoms. The van der Waals surface area contributed by atoms with Crippen LogP contribution < -0.4 is 5.32 Å². The van der Waals surface area contributed by atoms with Gasteiger partial charge < -0.3 is 14.3 Å². The number of benzene rings is 2. The van der Waals surface area contributed by atoms with Crippen molar-refractivity contribution < 1.29 is 26.9 Å². The van der Waals surface area contributed by atoms with E-state index < -0.39 is 11.7 Å². The second-order valence-corrected chi connectivity index (χ2v) is 8.76. The van der Waals surface area contributed by atoms with E-state index in [0.717, 1.165) is 36.3 Å². The molecular weight excluding hydrogens is 473 g/mol. The van der Waals surface area contributed by atoms with Gasteiger partial charge in [0.15, 0.2) is 0 Å². The van der Waals surface area contributed by atoms with Gasteiger partial charge >= 0.3 is 6.18 Å². The largest absolute Gasteiger partial charge is 0.468 e. The first-order valence-corrected chi connectivity index (χ1v) is 11.5. The Hall–Kier alpha value is -3.92. The first-order chi connectivity index (χ1) is 17.3. The molecule has 1 amide bonds. The zero-order valence-corrected chi connectivity index (χ0v) is 19.2. The van der Waals surface area contributed by atoms with Crippen LogP contribution in [0.2, 0.25) is 0 Å². The molecule has 1 fully saturated rings. The quantitative estimate of drug-likeness (QED) is 0.332. The van der Waals surface area contributed by atoms with Gasteiger partial charge in [0.2, 0.25) is 11.7 Å². The zero-order chi connectivity index (χ0) is 25.1. The fourth-order valence-corrected chi connectivity index (χ4v) is 3.77. The number of halogens is 3. The number of amides is 1. The van der Waals surface area contributed by atoms with Crippen molar-refractivity contribution in [3.05, 3.63) is 95.3 Å². The highest BCUT2D eigenvalue weighted by Crippen LogP contribution is 2.31. The number of hydrogen-bond donors (Lipinski definition) is 1. The number of carbonyl (C=O) groups excluding carboxylic acids is 1. The Morgan fingerprint density at radius 1 is 1.03 bits per heavy atom. The molecule has 2 aromatic carbocycles. The summed E-state index contributed by atoms with van der Waals surface area (Å²) in [6.07, 6.45) is -0.830. The number of nitrogens with one attached hydrogen (secondary N) is 1. The van der Waals surface area contributed by atoms with E-state index in [4.69, 9.17) is 8.94 Å². The highest BCUT2D eigenvalue weighted by Gasteiger charge is 2.31. The molecule has 1 aliphatic carbocycles. The van der Waals surface area contributed by atoms with Crippen LogP contribution in [0.25, 0.3) is 11.4 Å². The second-order valence-electron chi connectivity index (χ2n) is 8.76. The van der Waals surface area contributed by atoms with Crippen LogP contribution in [0.4, 0.5) is 13.2 Å². The lowest BCUT2D eigenvalue weighted by Gasteiger charge is -2.19. The van der Waals surface area contributed by atoms with Gasteiger partial charge in [0.05, 0.1) is 24.9 Å². The summed E-state index contributed by atoms with van der Waals surface area (Å²) in [5.41, 5.74) is 1.01. The van der Waals surface area contributed by atoms with Crippen molar-refractivity contribution in [1.82, 2.24) is 20.4 Å². The van der Waals surface area contributed by atoms with E-state index in [1.807, 2.05) is 23.1 Å². The maximum Gasteiger partial charge on any atom is 0.416 e. The predicted octanol–water partition coefficient (Wildman–Crippen LogP) is 5.44. The van der Waals surface area contributed by atoms with Gasteiger partial charge in [0.25, 0.3) is 5.91 Å². The lowest BCUT2D eigenvalue weighted by molar-refractivity contribution is -0.137. The molecule has 0 atom stereocenters. The number of alkyl halides is 3. The number of rotatable bonds is 9. The van der Waals surface area contributed by atoms with Crippen molar-refractivity contribution in [1.29, 1.82) is 0 Å². The van der Waals surface area contributed by atoms with Crippen molar-refractivity contribution >= 4 is 5.91 Å². The Morgan fingerprint density at radius 2 is 1.83 bits per heavy atom. The monoisotopic (exact) mass is 496 g/mol. The molecule has 2 aromatic heterocycles.